The maximum absolute atomic E-state index is 13.1. The van der Waals surface area contributed by atoms with Crippen LogP contribution in [0.5, 0.6) is 0 Å². The standard InChI is InChI=1S/C22H25N3O2/c1-14(2)21-19(22(26)23-13-18-8-5-11-27-18)20(16-9-10-16)24-25(21)17-7-4-6-15(3)12-17/h4-8,11-12,14,16H,9-10,13H2,1-3H3,(H,23,26). The number of rotatable bonds is 6. The van der Waals surface area contributed by atoms with Crippen LogP contribution in [0.1, 0.15) is 71.6 Å². The number of carbonyl (C=O) groups is 1. The molecule has 140 valence electrons. The number of aromatic nitrogens is 2. The van der Waals surface area contributed by atoms with E-state index in [1.165, 1.54) is 5.56 Å². The molecule has 1 amide bonds. The van der Waals surface area contributed by atoms with E-state index in [4.69, 9.17) is 9.52 Å². The Labute approximate surface area is 159 Å². The molecule has 2 aromatic heterocycles. The van der Waals surface area contributed by atoms with E-state index in [-0.39, 0.29) is 11.8 Å². The summed E-state index contributed by atoms with van der Waals surface area (Å²) in [6.07, 6.45) is 3.81. The van der Waals surface area contributed by atoms with E-state index in [1.807, 2.05) is 28.9 Å². The second-order valence-electron chi connectivity index (χ2n) is 7.59. The van der Waals surface area contributed by atoms with Gasteiger partial charge in [-0.3, -0.25) is 4.79 Å². The van der Waals surface area contributed by atoms with Crippen LogP contribution in [-0.2, 0) is 6.54 Å². The normalized spacial score (nSPS) is 13.9. The zero-order valence-electron chi connectivity index (χ0n) is 16.0. The minimum Gasteiger partial charge on any atom is -0.467 e. The number of nitrogens with one attached hydrogen (secondary N) is 1. The summed E-state index contributed by atoms with van der Waals surface area (Å²) in [7, 11) is 0. The van der Waals surface area contributed by atoms with Crippen molar-refractivity contribution in [1.82, 2.24) is 15.1 Å². The molecule has 0 unspecified atom stereocenters. The van der Waals surface area contributed by atoms with Crippen LogP contribution in [-0.4, -0.2) is 15.7 Å². The molecular formula is C22H25N3O2. The van der Waals surface area contributed by atoms with E-state index in [1.54, 1.807) is 6.26 Å². The molecule has 5 heteroatoms. The van der Waals surface area contributed by atoms with Crippen molar-refractivity contribution >= 4 is 5.91 Å². The number of hydrogen-bond donors (Lipinski definition) is 1. The van der Waals surface area contributed by atoms with Crippen molar-refractivity contribution in [2.75, 3.05) is 0 Å². The van der Waals surface area contributed by atoms with E-state index in [0.717, 1.165) is 41.2 Å². The first-order valence-electron chi connectivity index (χ1n) is 9.55. The fourth-order valence-corrected chi connectivity index (χ4v) is 3.48. The first-order chi connectivity index (χ1) is 13.0. The third kappa shape index (κ3) is 3.54. The molecular weight excluding hydrogens is 338 g/mol. The molecule has 1 aromatic carbocycles. The second-order valence-corrected chi connectivity index (χ2v) is 7.59. The number of nitrogens with zero attached hydrogens (tertiary/aromatic N) is 2. The Morgan fingerprint density at radius 2 is 2.11 bits per heavy atom. The van der Waals surface area contributed by atoms with Crippen molar-refractivity contribution in [2.45, 2.75) is 52.0 Å². The molecule has 2 heterocycles. The zero-order chi connectivity index (χ0) is 19.0. The smallest absolute Gasteiger partial charge is 0.255 e. The van der Waals surface area contributed by atoms with Crippen LogP contribution in [0.2, 0.25) is 0 Å². The van der Waals surface area contributed by atoms with Crippen molar-refractivity contribution < 1.29 is 9.21 Å². The number of aryl methyl sites for hydroxylation is 1. The van der Waals surface area contributed by atoms with Crippen molar-refractivity contribution in [3.8, 4) is 5.69 Å². The SMILES string of the molecule is Cc1cccc(-n2nc(C3CC3)c(C(=O)NCc3ccco3)c2C(C)C)c1. The largest absolute Gasteiger partial charge is 0.467 e. The summed E-state index contributed by atoms with van der Waals surface area (Å²) in [5.74, 6) is 1.23. The molecule has 0 spiro atoms. The van der Waals surface area contributed by atoms with Gasteiger partial charge in [-0.2, -0.15) is 5.10 Å². The van der Waals surface area contributed by atoms with E-state index in [9.17, 15) is 4.79 Å². The summed E-state index contributed by atoms with van der Waals surface area (Å²) in [5, 5.41) is 7.91. The van der Waals surface area contributed by atoms with Gasteiger partial charge in [0.1, 0.15) is 5.76 Å². The van der Waals surface area contributed by atoms with Crippen LogP contribution in [0.3, 0.4) is 0 Å². The lowest BCUT2D eigenvalue weighted by molar-refractivity contribution is 0.0945. The number of benzene rings is 1. The van der Waals surface area contributed by atoms with Gasteiger partial charge in [0.25, 0.3) is 5.91 Å². The maximum Gasteiger partial charge on any atom is 0.255 e. The van der Waals surface area contributed by atoms with Gasteiger partial charge in [0.2, 0.25) is 0 Å². The lowest BCUT2D eigenvalue weighted by Gasteiger charge is -2.13. The van der Waals surface area contributed by atoms with E-state index >= 15 is 0 Å². The molecule has 1 aliphatic carbocycles. The number of amides is 1. The second kappa shape index (κ2) is 7.06. The molecule has 0 bridgehead atoms. The van der Waals surface area contributed by atoms with E-state index in [2.05, 4.69) is 38.2 Å². The summed E-state index contributed by atoms with van der Waals surface area (Å²) < 4.78 is 7.31. The Morgan fingerprint density at radius 3 is 2.74 bits per heavy atom. The molecule has 1 N–H and O–H groups in total. The lowest BCUT2D eigenvalue weighted by Crippen LogP contribution is -2.25. The third-order valence-electron chi connectivity index (χ3n) is 4.94. The summed E-state index contributed by atoms with van der Waals surface area (Å²) >= 11 is 0. The van der Waals surface area contributed by atoms with Crippen molar-refractivity contribution in [3.05, 3.63) is 70.9 Å². The van der Waals surface area contributed by atoms with Gasteiger partial charge in [-0.1, -0.05) is 26.0 Å². The lowest BCUT2D eigenvalue weighted by atomic mass is 10.0. The van der Waals surface area contributed by atoms with Crippen LogP contribution in [0.4, 0.5) is 0 Å². The Balaban J connectivity index is 1.75. The fraction of sp³-hybridized carbons (Fsp3) is 0.364. The summed E-state index contributed by atoms with van der Waals surface area (Å²) in [5.41, 5.74) is 4.82. The van der Waals surface area contributed by atoms with E-state index in [0.29, 0.717) is 12.5 Å². The summed E-state index contributed by atoms with van der Waals surface area (Å²) in [6.45, 7) is 6.68. The minimum atomic E-state index is -0.0732. The first-order valence-corrected chi connectivity index (χ1v) is 9.55. The van der Waals surface area contributed by atoms with E-state index < -0.39 is 0 Å². The molecule has 4 rings (SSSR count). The quantitative estimate of drug-likeness (QED) is 0.690. The van der Waals surface area contributed by atoms with Gasteiger partial charge in [-0.05, 0) is 55.5 Å². The van der Waals surface area contributed by atoms with Crippen LogP contribution in [0, 0.1) is 6.92 Å². The fourth-order valence-electron chi connectivity index (χ4n) is 3.48. The van der Waals surface area contributed by atoms with Crippen molar-refractivity contribution in [1.29, 1.82) is 0 Å². The summed E-state index contributed by atoms with van der Waals surface area (Å²) in [4.78, 5) is 13.1. The third-order valence-corrected chi connectivity index (χ3v) is 4.94. The van der Waals surface area contributed by atoms with Crippen molar-refractivity contribution in [2.24, 2.45) is 0 Å². The predicted octanol–water partition coefficient (Wildman–Crippen LogP) is 4.70. The molecule has 27 heavy (non-hydrogen) atoms. The Kier molecular flexibility index (Phi) is 4.60. The highest BCUT2D eigenvalue weighted by atomic mass is 16.3. The molecule has 3 aromatic rings. The van der Waals surface area contributed by atoms with Gasteiger partial charge in [0.05, 0.1) is 35.4 Å². The molecule has 0 saturated heterocycles. The van der Waals surface area contributed by atoms with Crippen LogP contribution in [0.15, 0.2) is 47.1 Å². The number of furan rings is 1. The van der Waals surface area contributed by atoms with Gasteiger partial charge >= 0.3 is 0 Å². The zero-order valence-corrected chi connectivity index (χ0v) is 16.0. The average Bonchev–Trinajstić information content (AvgIpc) is 3.20. The van der Waals surface area contributed by atoms with Crippen LogP contribution < -0.4 is 5.32 Å². The Hall–Kier alpha value is -2.82. The van der Waals surface area contributed by atoms with Crippen LogP contribution >= 0.6 is 0 Å². The monoisotopic (exact) mass is 363 g/mol. The first kappa shape index (κ1) is 17.6. The molecule has 0 atom stereocenters. The van der Waals surface area contributed by atoms with Gasteiger partial charge < -0.3 is 9.73 Å². The van der Waals surface area contributed by atoms with Crippen molar-refractivity contribution in [3.63, 3.8) is 0 Å². The molecule has 1 aliphatic rings. The highest BCUT2D eigenvalue weighted by molar-refractivity contribution is 5.97. The number of carbonyl (C=O) groups excluding carboxylic acids is 1. The van der Waals surface area contributed by atoms with Crippen LogP contribution in [0.25, 0.3) is 5.69 Å². The Bertz CT molecular complexity index is 950. The topological polar surface area (TPSA) is 60.1 Å². The van der Waals surface area contributed by atoms with Gasteiger partial charge in [-0.15, -0.1) is 0 Å². The molecule has 0 radical (unpaired) electrons. The highest BCUT2D eigenvalue weighted by Crippen LogP contribution is 2.43. The number of hydrogen-bond acceptors (Lipinski definition) is 3. The van der Waals surface area contributed by atoms with Gasteiger partial charge in [-0.25, -0.2) is 4.68 Å². The Morgan fingerprint density at radius 1 is 1.30 bits per heavy atom. The highest BCUT2D eigenvalue weighted by Gasteiger charge is 2.35. The maximum atomic E-state index is 13.1. The van der Waals surface area contributed by atoms with Gasteiger partial charge in [0.15, 0.2) is 0 Å². The van der Waals surface area contributed by atoms with Gasteiger partial charge in [0, 0.05) is 5.92 Å². The summed E-state index contributed by atoms with van der Waals surface area (Å²) in [6, 6.07) is 12.0. The molecule has 1 fully saturated rings. The molecule has 0 aliphatic heterocycles. The minimum absolute atomic E-state index is 0.0732. The molecule has 1 saturated carbocycles. The average molecular weight is 363 g/mol. The molecule has 5 nitrogen and oxygen atoms in total. The predicted molar refractivity (Wildman–Crippen MR) is 104 cm³/mol.